The predicted molar refractivity (Wildman–Crippen MR) is 56.2 cm³/mol. The Morgan fingerprint density at radius 2 is 2.53 bits per heavy atom. The number of ether oxygens (including phenoxy) is 1. The molecule has 1 fully saturated rings. The van der Waals surface area contributed by atoms with Gasteiger partial charge in [0.05, 0.1) is 6.61 Å². The molecule has 0 bridgehead atoms. The van der Waals surface area contributed by atoms with Gasteiger partial charge < -0.3 is 10.1 Å². The SMILES string of the molecule is CC(Nc1ncccc1F)C1CCOC1. The molecular formula is C11H15FN2O. The Labute approximate surface area is 88.7 Å². The van der Waals surface area contributed by atoms with Gasteiger partial charge in [-0.2, -0.15) is 0 Å². The predicted octanol–water partition coefficient (Wildman–Crippen LogP) is 2.06. The molecule has 2 heterocycles. The van der Waals surface area contributed by atoms with Gasteiger partial charge in [0.25, 0.3) is 0 Å². The van der Waals surface area contributed by atoms with Crippen molar-refractivity contribution in [2.24, 2.45) is 5.92 Å². The molecule has 0 spiro atoms. The first kappa shape index (κ1) is 10.4. The highest BCUT2D eigenvalue weighted by molar-refractivity contribution is 5.36. The van der Waals surface area contributed by atoms with E-state index >= 15 is 0 Å². The standard InChI is InChI=1S/C11H15FN2O/c1-8(9-4-6-15-7-9)14-11-10(12)3-2-5-13-11/h2-3,5,8-9H,4,6-7H2,1H3,(H,13,14). The van der Waals surface area contributed by atoms with E-state index in [4.69, 9.17) is 4.74 Å². The van der Waals surface area contributed by atoms with Crippen LogP contribution in [0.25, 0.3) is 0 Å². The fourth-order valence-corrected chi connectivity index (χ4v) is 1.77. The van der Waals surface area contributed by atoms with Crippen LogP contribution in [0.2, 0.25) is 0 Å². The van der Waals surface area contributed by atoms with E-state index in [9.17, 15) is 4.39 Å². The maximum Gasteiger partial charge on any atom is 0.165 e. The lowest BCUT2D eigenvalue weighted by Crippen LogP contribution is -2.27. The lowest BCUT2D eigenvalue weighted by molar-refractivity contribution is 0.183. The second-order valence-electron chi connectivity index (χ2n) is 3.89. The van der Waals surface area contributed by atoms with Gasteiger partial charge in [-0.15, -0.1) is 0 Å². The fourth-order valence-electron chi connectivity index (χ4n) is 1.77. The normalized spacial score (nSPS) is 22.7. The monoisotopic (exact) mass is 210 g/mol. The number of hydrogen-bond acceptors (Lipinski definition) is 3. The quantitative estimate of drug-likeness (QED) is 0.829. The Hall–Kier alpha value is -1.16. The van der Waals surface area contributed by atoms with Crippen LogP contribution in [0, 0.1) is 11.7 Å². The second-order valence-corrected chi connectivity index (χ2v) is 3.89. The van der Waals surface area contributed by atoms with Crippen LogP contribution in [0.15, 0.2) is 18.3 Å². The smallest absolute Gasteiger partial charge is 0.165 e. The van der Waals surface area contributed by atoms with Crippen molar-refractivity contribution in [3.05, 3.63) is 24.1 Å². The van der Waals surface area contributed by atoms with Crippen LogP contribution in [0.3, 0.4) is 0 Å². The molecule has 0 aromatic carbocycles. The summed E-state index contributed by atoms with van der Waals surface area (Å²) in [7, 11) is 0. The van der Waals surface area contributed by atoms with Gasteiger partial charge in [-0.25, -0.2) is 9.37 Å². The summed E-state index contributed by atoms with van der Waals surface area (Å²) in [5.74, 6) is 0.478. The van der Waals surface area contributed by atoms with E-state index in [2.05, 4.69) is 10.3 Å². The Bertz CT molecular complexity index is 326. The highest BCUT2D eigenvalue weighted by Gasteiger charge is 2.22. The molecule has 0 radical (unpaired) electrons. The van der Waals surface area contributed by atoms with Crippen LogP contribution >= 0.6 is 0 Å². The highest BCUT2D eigenvalue weighted by atomic mass is 19.1. The van der Waals surface area contributed by atoms with Crippen LogP contribution < -0.4 is 5.32 Å². The fraction of sp³-hybridized carbons (Fsp3) is 0.545. The summed E-state index contributed by atoms with van der Waals surface area (Å²) in [6, 6.07) is 3.19. The first-order valence-corrected chi connectivity index (χ1v) is 5.22. The zero-order valence-electron chi connectivity index (χ0n) is 8.74. The van der Waals surface area contributed by atoms with Crippen molar-refractivity contribution in [1.29, 1.82) is 0 Å². The first-order chi connectivity index (χ1) is 7.27. The lowest BCUT2D eigenvalue weighted by atomic mass is 10.0. The number of nitrogens with zero attached hydrogens (tertiary/aromatic N) is 1. The molecule has 1 saturated heterocycles. The maximum atomic E-state index is 13.3. The molecular weight excluding hydrogens is 195 g/mol. The molecule has 0 aliphatic carbocycles. The van der Waals surface area contributed by atoms with E-state index < -0.39 is 0 Å². The summed E-state index contributed by atoms with van der Waals surface area (Å²) in [5.41, 5.74) is 0. The van der Waals surface area contributed by atoms with Gasteiger partial charge in [-0.05, 0) is 25.5 Å². The molecule has 0 saturated carbocycles. The van der Waals surface area contributed by atoms with Crippen molar-refractivity contribution in [1.82, 2.24) is 4.98 Å². The Morgan fingerprint density at radius 1 is 1.67 bits per heavy atom. The van der Waals surface area contributed by atoms with Crippen LogP contribution in [-0.4, -0.2) is 24.2 Å². The summed E-state index contributed by atoms with van der Waals surface area (Å²) in [6.07, 6.45) is 2.62. The average Bonchev–Trinajstić information content (AvgIpc) is 2.74. The summed E-state index contributed by atoms with van der Waals surface area (Å²) in [4.78, 5) is 3.96. The molecule has 1 aliphatic rings. The Kier molecular flexibility index (Phi) is 3.16. The van der Waals surface area contributed by atoms with Crippen LogP contribution in [-0.2, 0) is 4.74 Å². The third-order valence-corrected chi connectivity index (χ3v) is 2.79. The highest BCUT2D eigenvalue weighted by Crippen LogP contribution is 2.20. The van der Waals surface area contributed by atoms with Gasteiger partial charge in [0.2, 0.25) is 0 Å². The number of nitrogens with one attached hydrogen (secondary N) is 1. The van der Waals surface area contributed by atoms with Crippen molar-refractivity contribution in [2.75, 3.05) is 18.5 Å². The van der Waals surface area contributed by atoms with Crippen LogP contribution in [0.5, 0.6) is 0 Å². The number of hydrogen-bond donors (Lipinski definition) is 1. The Morgan fingerprint density at radius 3 is 3.20 bits per heavy atom. The number of anilines is 1. The van der Waals surface area contributed by atoms with E-state index in [0.717, 1.165) is 19.6 Å². The molecule has 2 rings (SSSR count). The molecule has 3 nitrogen and oxygen atoms in total. The van der Waals surface area contributed by atoms with Crippen molar-refractivity contribution in [3.63, 3.8) is 0 Å². The minimum Gasteiger partial charge on any atom is -0.381 e. The van der Waals surface area contributed by atoms with Gasteiger partial charge in [0, 0.05) is 24.8 Å². The zero-order chi connectivity index (χ0) is 10.7. The molecule has 0 amide bonds. The van der Waals surface area contributed by atoms with E-state index in [1.54, 1.807) is 12.3 Å². The van der Waals surface area contributed by atoms with Gasteiger partial charge >= 0.3 is 0 Å². The number of rotatable bonds is 3. The van der Waals surface area contributed by atoms with Crippen LogP contribution in [0.4, 0.5) is 10.2 Å². The van der Waals surface area contributed by atoms with Gasteiger partial charge in [-0.3, -0.25) is 0 Å². The minimum atomic E-state index is -0.303. The molecule has 1 aromatic rings. The first-order valence-electron chi connectivity index (χ1n) is 5.22. The molecule has 2 unspecified atom stereocenters. The largest absolute Gasteiger partial charge is 0.381 e. The summed E-state index contributed by atoms with van der Waals surface area (Å²) in [6.45, 7) is 3.59. The third-order valence-electron chi connectivity index (χ3n) is 2.79. The summed E-state index contributed by atoms with van der Waals surface area (Å²) >= 11 is 0. The third kappa shape index (κ3) is 2.45. The van der Waals surface area contributed by atoms with E-state index in [1.807, 2.05) is 6.92 Å². The van der Waals surface area contributed by atoms with Crippen molar-refractivity contribution < 1.29 is 9.13 Å². The molecule has 1 N–H and O–H groups in total. The molecule has 82 valence electrons. The van der Waals surface area contributed by atoms with Gasteiger partial charge in [0.15, 0.2) is 11.6 Å². The number of pyridine rings is 1. The molecule has 2 atom stereocenters. The van der Waals surface area contributed by atoms with E-state index in [0.29, 0.717) is 11.7 Å². The van der Waals surface area contributed by atoms with Crippen molar-refractivity contribution in [2.45, 2.75) is 19.4 Å². The number of halogens is 1. The average molecular weight is 210 g/mol. The van der Waals surface area contributed by atoms with Crippen molar-refractivity contribution >= 4 is 5.82 Å². The zero-order valence-corrected chi connectivity index (χ0v) is 8.74. The molecule has 1 aliphatic heterocycles. The second kappa shape index (κ2) is 4.57. The maximum absolute atomic E-state index is 13.3. The minimum absolute atomic E-state index is 0.192. The lowest BCUT2D eigenvalue weighted by Gasteiger charge is -2.19. The van der Waals surface area contributed by atoms with E-state index in [1.165, 1.54) is 6.07 Å². The van der Waals surface area contributed by atoms with Gasteiger partial charge in [-0.1, -0.05) is 0 Å². The summed E-state index contributed by atoms with van der Waals surface area (Å²) in [5, 5.41) is 3.09. The topological polar surface area (TPSA) is 34.2 Å². The van der Waals surface area contributed by atoms with Crippen molar-refractivity contribution in [3.8, 4) is 0 Å². The summed E-state index contributed by atoms with van der Waals surface area (Å²) < 4.78 is 18.6. The van der Waals surface area contributed by atoms with E-state index in [-0.39, 0.29) is 11.9 Å². The van der Waals surface area contributed by atoms with Gasteiger partial charge in [0.1, 0.15) is 0 Å². The van der Waals surface area contributed by atoms with Crippen LogP contribution in [0.1, 0.15) is 13.3 Å². The molecule has 1 aromatic heterocycles. The molecule has 15 heavy (non-hydrogen) atoms. The number of aromatic nitrogens is 1. The molecule has 4 heteroatoms. The Balaban J connectivity index is 1.99.